The second kappa shape index (κ2) is 4.02. The average molecular weight is 231 g/mol. The monoisotopic (exact) mass is 231 g/mol. The summed E-state index contributed by atoms with van der Waals surface area (Å²) in [4.78, 5) is 0. The maximum Gasteiger partial charge on any atom is 0.123 e. The van der Waals surface area contributed by atoms with Gasteiger partial charge in [0.05, 0.1) is 0 Å². The summed E-state index contributed by atoms with van der Waals surface area (Å²) in [6, 6.07) is 6.75. The molecule has 2 aliphatic heterocycles. The van der Waals surface area contributed by atoms with E-state index in [0.29, 0.717) is 0 Å². The number of rotatable bonds is 2. The Balaban J connectivity index is 1.77. The van der Waals surface area contributed by atoms with Gasteiger partial charge in [-0.2, -0.15) is 0 Å². The number of hydrogen-bond donors (Lipinski definition) is 1. The quantitative estimate of drug-likeness (QED) is 0.844. The highest BCUT2D eigenvalue weighted by molar-refractivity contribution is 5.39. The molecule has 0 radical (unpaired) electrons. The molecule has 3 rings (SSSR count). The summed E-state index contributed by atoms with van der Waals surface area (Å²) in [5.41, 5.74) is 2.87. The summed E-state index contributed by atoms with van der Waals surface area (Å²) in [6.07, 6.45) is 3.48. The fourth-order valence-electron chi connectivity index (χ4n) is 2.67. The van der Waals surface area contributed by atoms with Crippen LogP contribution in [0, 0.1) is 5.92 Å². The summed E-state index contributed by atoms with van der Waals surface area (Å²) < 4.78 is 6.01. The molecule has 0 saturated carbocycles. The highest BCUT2D eigenvalue weighted by atomic mass is 16.5. The minimum atomic E-state index is 0.00636. The highest BCUT2D eigenvalue weighted by Gasteiger charge is 2.26. The molecule has 2 aliphatic rings. The first-order valence-corrected chi connectivity index (χ1v) is 6.64. The van der Waals surface area contributed by atoms with Gasteiger partial charge in [0.15, 0.2) is 0 Å². The SMILES string of the molecule is CC1(C)CCc2cc(CC3CNC3)ccc2O1. The van der Waals surface area contributed by atoms with Crippen LogP contribution in [0.5, 0.6) is 5.75 Å². The standard InChI is InChI=1S/C15H21NO/c1-15(2)6-5-13-8-11(3-4-14(13)17-15)7-12-9-16-10-12/h3-4,8,12,16H,5-7,9-10H2,1-2H3. The van der Waals surface area contributed by atoms with Crippen LogP contribution in [0.15, 0.2) is 18.2 Å². The van der Waals surface area contributed by atoms with Crippen LogP contribution in [-0.2, 0) is 12.8 Å². The van der Waals surface area contributed by atoms with Crippen LogP contribution in [0.4, 0.5) is 0 Å². The van der Waals surface area contributed by atoms with Crippen molar-refractivity contribution in [3.05, 3.63) is 29.3 Å². The van der Waals surface area contributed by atoms with Crippen molar-refractivity contribution in [2.45, 2.75) is 38.7 Å². The van der Waals surface area contributed by atoms with E-state index in [2.05, 4.69) is 37.4 Å². The molecule has 0 amide bonds. The lowest BCUT2D eigenvalue weighted by atomic mass is 9.90. The van der Waals surface area contributed by atoms with Crippen molar-refractivity contribution >= 4 is 0 Å². The van der Waals surface area contributed by atoms with Gasteiger partial charge in [0.1, 0.15) is 11.4 Å². The predicted octanol–water partition coefficient (Wildman–Crippen LogP) is 2.55. The Morgan fingerprint density at radius 3 is 2.88 bits per heavy atom. The van der Waals surface area contributed by atoms with Gasteiger partial charge in [0, 0.05) is 0 Å². The Morgan fingerprint density at radius 2 is 2.18 bits per heavy atom. The molecule has 17 heavy (non-hydrogen) atoms. The van der Waals surface area contributed by atoms with Crippen LogP contribution < -0.4 is 10.1 Å². The minimum absolute atomic E-state index is 0.00636. The zero-order valence-electron chi connectivity index (χ0n) is 10.8. The van der Waals surface area contributed by atoms with Crippen molar-refractivity contribution < 1.29 is 4.74 Å². The van der Waals surface area contributed by atoms with Gasteiger partial charge in [0.2, 0.25) is 0 Å². The molecule has 1 N–H and O–H groups in total. The molecule has 2 heterocycles. The first-order valence-electron chi connectivity index (χ1n) is 6.64. The fraction of sp³-hybridized carbons (Fsp3) is 0.600. The second-order valence-corrected chi connectivity index (χ2v) is 6.03. The first kappa shape index (κ1) is 11.1. The van der Waals surface area contributed by atoms with Crippen LogP contribution in [0.2, 0.25) is 0 Å². The van der Waals surface area contributed by atoms with E-state index in [1.54, 1.807) is 0 Å². The molecule has 92 valence electrons. The summed E-state index contributed by atoms with van der Waals surface area (Å²) in [5.74, 6) is 1.94. The van der Waals surface area contributed by atoms with Crippen LogP contribution in [0.1, 0.15) is 31.4 Å². The lowest BCUT2D eigenvalue weighted by Gasteiger charge is -2.33. The molecule has 1 aromatic carbocycles. The highest BCUT2D eigenvalue weighted by Crippen LogP contribution is 2.33. The zero-order chi connectivity index (χ0) is 11.9. The molecular weight excluding hydrogens is 210 g/mol. The molecular formula is C15H21NO. The van der Waals surface area contributed by atoms with Gasteiger partial charge in [-0.05, 0) is 69.3 Å². The topological polar surface area (TPSA) is 21.3 Å². The molecule has 1 fully saturated rings. The van der Waals surface area contributed by atoms with E-state index in [0.717, 1.165) is 24.5 Å². The lowest BCUT2D eigenvalue weighted by Crippen LogP contribution is -2.43. The lowest BCUT2D eigenvalue weighted by molar-refractivity contribution is 0.0846. The van der Waals surface area contributed by atoms with E-state index in [1.807, 2.05) is 0 Å². The predicted molar refractivity (Wildman–Crippen MR) is 69.5 cm³/mol. The Hall–Kier alpha value is -1.02. The first-order chi connectivity index (χ1) is 8.12. The second-order valence-electron chi connectivity index (χ2n) is 6.03. The Labute approximate surface area is 103 Å². The molecule has 0 unspecified atom stereocenters. The summed E-state index contributed by atoms with van der Waals surface area (Å²) >= 11 is 0. The molecule has 0 bridgehead atoms. The van der Waals surface area contributed by atoms with Crippen molar-refractivity contribution in [3.8, 4) is 5.75 Å². The maximum atomic E-state index is 6.01. The van der Waals surface area contributed by atoms with Gasteiger partial charge in [-0.25, -0.2) is 0 Å². The molecule has 0 aliphatic carbocycles. The van der Waals surface area contributed by atoms with E-state index < -0.39 is 0 Å². The van der Waals surface area contributed by atoms with E-state index in [-0.39, 0.29) is 5.60 Å². The number of nitrogens with one attached hydrogen (secondary N) is 1. The van der Waals surface area contributed by atoms with Crippen molar-refractivity contribution in [3.63, 3.8) is 0 Å². The maximum absolute atomic E-state index is 6.01. The van der Waals surface area contributed by atoms with Crippen molar-refractivity contribution in [1.29, 1.82) is 0 Å². The van der Waals surface area contributed by atoms with Crippen LogP contribution in [0.3, 0.4) is 0 Å². The van der Waals surface area contributed by atoms with Gasteiger partial charge in [-0.3, -0.25) is 0 Å². The molecule has 2 heteroatoms. The van der Waals surface area contributed by atoms with Crippen molar-refractivity contribution in [1.82, 2.24) is 5.32 Å². The number of aryl methyl sites for hydroxylation is 1. The number of benzene rings is 1. The van der Waals surface area contributed by atoms with Gasteiger partial charge >= 0.3 is 0 Å². The number of ether oxygens (including phenoxy) is 1. The van der Waals surface area contributed by atoms with E-state index in [1.165, 1.54) is 30.6 Å². The largest absolute Gasteiger partial charge is 0.488 e. The smallest absolute Gasteiger partial charge is 0.123 e. The zero-order valence-corrected chi connectivity index (χ0v) is 10.8. The third kappa shape index (κ3) is 2.32. The number of hydrogen-bond acceptors (Lipinski definition) is 2. The van der Waals surface area contributed by atoms with E-state index in [4.69, 9.17) is 4.74 Å². The molecule has 1 saturated heterocycles. The van der Waals surface area contributed by atoms with Crippen LogP contribution in [0.25, 0.3) is 0 Å². The molecule has 0 atom stereocenters. The molecule has 0 spiro atoms. The van der Waals surface area contributed by atoms with Gasteiger partial charge < -0.3 is 10.1 Å². The van der Waals surface area contributed by atoms with Gasteiger partial charge in [0.25, 0.3) is 0 Å². The van der Waals surface area contributed by atoms with Crippen molar-refractivity contribution in [2.75, 3.05) is 13.1 Å². The summed E-state index contributed by atoms with van der Waals surface area (Å²) in [5, 5.41) is 3.33. The molecule has 0 aromatic heterocycles. The van der Waals surface area contributed by atoms with Crippen molar-refractivity contribution in [2.24, 2.45) is 5.92 Å². The summed E-state index contributed by atoms with van der Waals surface area (Å²) in [6.45, 7) is 6.70. The fourth-order valence-corrected chi connectivity index (χ4v) is 2.67. The van der Waals surface area contributed by atoms with E-state index >= 15 is 0 Å². The molecule has 1 aromatic rings. The average Bonchev–Trinajstić information content (AvgIpc) is 2.22. The Morgan fingerprint density at radius 1 is 1.35 bits per heavy atom. The normalized spacial score (nSPS) is 22.5. The molecule has 2 nitrogen and oxygen atoms in total. The number of fused-ring (bicyclic) bond motifs is 1. The van der Waals surface area contributed by atoms with Gasteiger partial charge in [-0.15, -0.1) is 0 Å². The third-order valence-corrected chi connectivity index (χ3v) is 3.90. The summed E-state index contributed by atoms with van der Waals surface area (Å²) in [7, 11) is 0. The van der Waals surface area contributed by atoms with Crippen LogP contribution >= 0.6 is 0 Å². The van der Waals surface area contributed by atoms with E-state index in [9.17, 15) is 0 Å². The minimum Gasteiger partial charge on any atom is -0.488 e. The Bertz CT molecular complexity index is 421. The Kier molecular flexibility index (Phi) is 2.62. The third-order valence-electron chi connectivity index (χ3n) is 3.90. The van der Waals surface area contributed by atoms with Gasteiger partial charge in [-0.1, -0.05) is 12.1 Å². The van der Waals surface area contributed by atoms with Crippen LogP contribution in [-0.4, -0.2) is 18.7 Å².